The molecule has 0 radical (unpaired) electrons. The summed E-state index contributed by atoms with van der Waals surface area (Å²) in [5.74, 6) is 1.18. The van der Waals surface area contributed by atoms with Crippen LogP contribution in [0.15, 0.2) is 81.4 Å². The third kappa shape index (κ3) is 11.8. The SMILES string of the molecule is CC(C)(C)c1cc(SC(CC(Sc2cc(C(C)(C)C)c(O)c(C(C)(C)C)c2)c2ccccc2)Sc2cc(C(C)(C)C)c(O)c(C(C)(C)C)c2)cc(C(C)(C)C)c1O. The highest BCUT2D eigenvalue weighted by Gasteiger charge is 2.32. The average molecular weight is 829 g/mol. The van der Waals surface area contributed by atoms with Crippen molar-refractivity contribution in [2.75, 3.05) is 0 Å². The highest BCUT2D eigenvalue weighted by Crippen LogP contribution is 2.52. The van der Waals surface area contributed by atoms with Crippen LogP contribution in [-0.2, 0) is 32.5 Å². The van der Waals surface area contributed by atoms with Gasteiger partial charge in [-0.2, -0.15) is 0 Å². The molecule has 0 aliphatic heterocycles. The first kappa shape index (κ1) is 47.0. The van der Waals surface area contributed by atoms with E-state index in [-0.39, 0.29) is 42.3 Å². The van der Waals surface area contributed by atoms with Crippen molar-refractivity contribution in [2.24, 2.45) is 0 Å². The van der Waals surface area contributed by atoms with Crippen molar-refractivity contribution in [2.45, 2.75) is 188 Å². The number of rotatable bonds is 9. The van der Waals surface area contributed by atoms with Gasteiger partial charge in [-0.25, -0.2) is 0 Å². The standard InChI is InChI=1S/C51H72O3S3/c1-46(2,3)35-24-32(25-36(43(35)52)47(4,5)6)55-41(31-22-20-19-21-23-31)30-42(56-33-26-37(48(7,8)9)44(53)38(27-33)49(10,11)12)57-34-28-39(50(13,14)15)45(54)40(29-34)51(16,17)18/h19-29,41-42,52-54H,30H2,1-18H3. The van der Waals surface area contributed by atoms with Crippen LogP contribution in [0.25, 0.3) is 0 Å². The summed E-state index contributed by atoms with van der Waals surface area (Å²) in [7, 11) is 0. The van der Waals surface area contributed by atoms with E-state index in [0.717, 1.165) is 54.5 Å². The van der Waals surface area contributed by atoms with Gasteiger partial charge in [-0.15, -0.1) is 35.3 Å². The van der Waals surface area contributed by atoms with Crippen molar-refractivity contribution in [3.63, 3.8) is 0 Å². The van der Waals surface area contributed by atoms with E-state index in [2.05, 4.69) is 191 Å². The van der Waals surface area contributed by atoms with Gasteiger partial charge in [0.05, 0.1) is 4.58 Å². The van der Waals surface area contributed by atoms with Gasteiger partial charge in [-0.05, 0) is 80.9 Å². The smallest absolute Gasteiger partial charge is 0.123 e. The number of phenolic OH excluding ortho intramolecular Hbond substituents is 3. The molecule has 4 aromatic carbocycles. The van der Waals surface area contributed by atoms with Gasteiger partial charge in [-0.1, -0.05) is 155 Å². The monoisotopic (exact) mass is 828 g/mol. The van der Waals surface area contributed by atoms with Gasteiger partial charge < -0.3 is 15.3 Å². The molecule has 0 saturated heterocycles. The average Bonchev–Trinajstić information content (AvgIpc) is 3.03. The maximum atomic E-state index is 11.7. The predicted molar refractivity (Wildman–Crippen MR) is 252 cm³/mol. The van der Waals surface area contributed by atoms with Crippen LogP contribution in [0.3, 0.4) is 0 Å². The van der Waals surface area contributed by atoms with Crippen molar-refractivity contribution in [3.8, 4) is 17.2 Å². The molecule has 3 nitrogen and oxygen atoms in total. The number of benzene rings is 4. The minimum absolute atomic E-state index is 0.0550. The Hall–Kier alpha value is -2.67. The molecule has 0 spiro atoms. The van der Waals surface area contributed by atoms with Gasteiger partial charge in [0.1, 0.15) is 17.2 Å². The summed E-state index contributed by atoms with van der Waals surface area (Å²) in [6.45, 7) is 39.1. The van der Waals surface area contributed by atoms with Crippen LogP contribution < -0.4 is 0 Å². The van der Waals surface area contributed by atoms with Crippen LogP contribution >= 0.6 is 35.3 Å². The zero-order valence-corrected chi connectivity index (χ0v) is 40.7. The lowest BCUT2D eigenvalue weighted by atomic mass is 9.79. The van der Waals surface area contributed by atoms with Crippen LogP contribution in [0, 0.1) is 0 Å². The van der Waals surface area contributed by atoms with E-state index >= 15 is 0 Å². The lowest BCUT2D eigenvalue weighted by molar-refractivity contribution is 0.421. The second kappa shape index (κ2) is 16.8. The van der Waals surface area contributed by atoms with E-state index in [4.69, 9.17) is 0 Å². The Labute approximate surface area is 359 Å². The molecule has 0 aliphatic rings. The zero-order valence-electron chi connectivity index (χ0n) is 38.3. The Morgan fingerprint density at radius 3 is 0.877 bits per heavy atom. The summed E-state index contributed by atoms with van der Waals surface area (Å²) in [4.78, 5) is 3.42. The third-order valence-corrected chi connectivity index (χ3v) is 14.3. The lowest BCUT2D eigenvalue weighted by Crippen LogP contribution is -2.18. The van der Waals surface area contributed by atoms with E-state index < -0.39 is 0 Å². The Bertz CT molecular complexity index is 1830. The molecule has 0 fully saturated rings. The largest absolute Gasteiger partial charge is 0.507 e. The summed E-state index contributed by atoms with van der Waals surface area (Å²) in [5, 5.41) is 35.0. The molecule has 3 N–H and O–H groups in total. The first-order chi connectivity index (χ1) is 25.8. The first-order valence-electron chi connectivity index (χ1n) is 20.5. The Morgan fingerprint density at radius 2 is 0.632 bits per heavy atom. The Balaban J connectivity index is 1.97. The molecule has 0 heterocycles. The molecule has 0 amide bonds. The van der Waals surface area contributed by atoms with Crippen LogP contribution in [0.4, 0.5) is 0 Å². The summed E-state index contributed by atoms with van der Waals surface area (Å²) in [5.41, 5.74) is 5.54. The fourth-order valence-electron chi connectivity index (χ4n) is 7.14. The zero-order chi connectivity index (χ0) is 43.3. The molecule has 6 heteroatoms. The van der Waals surface area contributed by atoms with Gasteiger partial charge in [0.25, 0.3) is 0 Å². The molecule has 0 bridgehead atoms. The van der Waals surface area contributed by atoms with Gasteiger partial charge in [0, 0.05) is 53.3 Å². The van der Waals surface area contributed by atoms with E-state index in [1.807, 2.05) is 35.3 Å². The molecule has 4 rings (SSSR count). The second-order valence-electron chi connectivity index (χ2n) is 22.0. The number of thioether (sulfide) groups is 3. The van der Waals surface area contributed by atoms with Crippen molar-refractivity contribution >= 4 is 35.3 Å². The second-order valence-corrected chi connectivity index (χ2v) is 26.1. The van der Waals surface area contributed by atoms with E-state index in [0.29, 0.717) is 17.2 Å². The molecule has 0 aromatic heterocycles. The normalized spacial score (nSPS) is 14.0. The molecule has 57 heavy (non-hydrogen) atoms. The van der Waals surface area contributed by atoms with Crippen LogP contribution in [-0.4, -0.2) is 19.9 Å². The van der Waals surface area contributed by atoms with Crippen molar-refractivity contribution < 1.29 is 15.3 Å². The van der Waals surface area contributed by atoms with Crippen LogP contribution in [0.5, 0.6) is 17.2 Å². The highest BCUT2D eigenvalue weighted by molar-refractivity contribution is 8.17. The van der Waals surface area contributed by atoms with Gasteiger partial charge >= 0.3 is 0 Å². The predicted octanol–water partition coefficient (Wildman–Crippen LogP) is 15.7. The van der Waals surface area contributed by atoms with Crippen molar-refractivity contribution in [3.05, 3.63) is 106 Å². The quantitative estimate of drug-likeness (QED) is 0.115. The van der Waals surface area contributed by atoms with Gasteiger partial charge in [-0.3, -0.25) is 0 Å². The highest BCUT2D eigenvalue weighted by atomic mass is 32.2. The topological polar surface area (TPSA) is 60.7 Å². The fraction of sp³-hybridized carbons (Fsp3) is 0.529. The minimum atomic E-state index is -0.250. The minimum Gasteiger partial charge on any atom is -0.507 e. The summed E-state index contributed by atoms with van der Waals surface area (Å²) in [6.07, 6.45) is 0.827. The molecule has 312 valence electrons. The molecule has 1 atom stereocenters. The number of hydrogen-bond donors (Lipinski definition) is 3. The van der Waals surface area contributed by atoms with Gasteiger partial charge in [0.15, 0.2) is 0 Å². The summed E-state index contributed by atoms with van der Waals surface area (Å²) < 4.78 is 0.0550. The van der Waals surface area contributed by atoms with Gasteiger partial charge in [0.2, 0.25) is 0 Å². The summed E-state index contributed by atoms with van der Waals surface area (Å²) in [6, 6.07) is 24.1. The van der Waals surface area contributed by atoms with Crippen molar-refractivity contribution in [1.82, 2.24) is 0 Å². The Morgan fingerprint density at radius 1 is 0.386 bits per heavy atom. The number of hydrogen-bond acceptors (Lipinski definition) is 6. The Kier molecular flexibility index (Phi) is 13.8. The molecule has 0 aliphatic carbocycles. The number of aromatic hydroxyl groups is 3. The molecule has 1 unspecified atom stereocenters. The first-order valence-corrected chi connectivity index (χ1v) is 23.1. The maximum absolute atomic E-state index is 11.7. The molecule has 0 saturated carbocycles. The van der Waals surface area contributed by atoms with Crippen molar-refractivity contribution in [1.29, 1.82) is 0 Å². The molecule has 4 aromatic rings. The molecular formula is C51H72O3S3. The molecular weight excluding hydrogens is 757 g/mol. The van der Waals surface area contributed by atoms with E-state index in [9.17, 15) is 15.3 Å². The van der Waals surface area contributed by atoms with E-state index in [1.165, 1.54) is 5.56 Å². The van der Waals surface area contributed by atoms with E-state index in [1.54, 1.807) is 0 Å². The lowest BCUT2D eigenvalue weighted by Gasteiger charge is -2.31. The van der Waals surface area contributed by atoms with Crippen LogP contribution in [0.2, 0.25) is 0 Å². The van der Waals surface area contributed by atoms with Crippen LogP contribution in [0.1, 0.15) is 175 Å². The maximum Gasteiger partial charge on any atom is 0.123 e. The third-order valence-electron chi connectivity index (χ3n) is 10.5. The fourth-order valence-corrected chi connectivity index (χ4v) is 11.5. The summed E-state index contributed by atoms with van der Waals surface area (Å²) >= 11 is 5.62. The number of phenols is 3.